The molecular formula is C16H17NO2. The van der Waals surface area contributed by atoms with E-state index in [0.717, 1.165) is 28.4 Å². The molecule has 0 saturated carbocycles. The monoisotopic (exact) mass is 255 g/mol. The average molecular weight is 255 g/mol. The minimum absolute atomic E-state index is 0.834. The third kappa shape index (κ3) is 3.28. The van der Waals surface area contributed by atoms with Crippen LogP contribution in [0.5, 0.6) is 11.5 Å². The summed E-state index contributed by atoms with van der Waals surface area (Å²) in [6.07, 6.45) is 0. The van der Waals surface area contributed by atoms with Crippen LogP contribution in [-0.2, 0) is 0 Å². The molecule has 0 aliphatic rings. The molecule has 1 N–H and O–H groups in total. The summed E-state index contributed by atoms with van der Waals surface area (Å²) in [5.74, 6) is 1.67. The van der Waals surface area contributed by atoms with Gasteiger partial charge in [-0.05, 0) is 54.1 Å². The summed E-state index contributed by atoms with van der Waals surface area (Å²) in [5.41, 5.74) is 2.84. The maximum atomic E-state index is 5.13. The molecule has 0 fully saturated rings. The Labute approximate surface area is 113 Å². The molecule has 2 aromatic carbocycles. The van der Waals surface area contributed by atoms with Crippen molar-refractivity contribution in [1.82, 2.24) is 0 Å². The molecule has 0 aliphatic heterocycles. The lowest BCUT2D eigenvalue weighted by molar-refractivity contribution is 0.414. The summed E-state index contributed by atoms with van der Waals surface area (Å²) in [6, 6.07) is 15.5. The van der Waals surface area contributed by atoms with Gasteiger partial charge in [0, 0.05) is 11.4 Å². The molecule has 3 heteroatoms. The lowest BCUT2D eigenvalue weighted by Gasteiger charge is -2.11. The Balaban J connectivity index is 2.06. The Morgan fingerprint density at radius 3 is 1.79 bits per heavy atom. The maximum Gasteiger partial charge on any atom is 0.119 e. The minimum Gasteiger partial charge on any atom is -0.497 e. The molecule has 0 aliphatic carbocycles. The van der Waals surface area contributed by atoms with Gasteiger partial charge in [0.05, 0.1) is 14.2 Å². The first-order valence-electron chi connectivity index (χ1n) is 5.97. The van der Waals surface area contributed by atoms with Gasteiger partial charge in [-0.25, -0.2) is 0 Å². The van der Waals surface area contributed by atoms with Crippen LogP contribution in [0.4, 0.5) is 5.69 Å². The van der Waals surface area contributed by atoms with Crippen LogP contribution in [-0.4, -0.2) is 14.2 Å². The van der Waals surface area contributed by atoms with Gasteiger partial charge in [0.1, 0.15) is 11.5 Å². The van der Waals surface area contributed by atoms with Crippen molar-refractivity contribution in [1.29, 1.82) is 0 Å². The molecule has 19 heavy (non-hydrogen) atoms. The molecule has 0 spiro atoms. The van der Waals surface area contributed by atoms with Gasteiger partial charge in [-0.3, -0.25) is 0 Å². The van der Waals surface area contributed by atoms with Crippen molar-refractivity contribution in [3.63, 3.8) is 0 Å². The Morgan fingerprint density at radius 1 is 0.842 bits per heavy atom. The molecule has 0 heterocycles. The summed E-state index contributed by atoms with van der Waals surface area (Å²) in [5, 5.41) is 3.26. The zero-order chi connectivity index (χ0) is 13.7. The van der Waals surface area contributed by atoms with E-state index in [2.05, 4.69) is 11.9 Å². The molecule has 0 atom stereocenters. The summed E-state index contributed by atoms with van der Waals surface area (Å²) in [7, 11) is 3.30. The normalized spacial score (nSPS) is 9.79. The molecular weight excluding hydrogens is 238 g/mol. The second kappa shape index (κ2) is 5.96. The molecule has 0 amide bonds. The smallest absolute Gasteiger partial charge is 0.119 e. The van der Waals surface area contributed by atoms with Crippen LogP contribution in [0.2, 0.25) is 0 Å². The Kier molecular flexibility index (Phi) is 4.08. The summed E-state index contributed by atoms with van der Waals surface area (Å²) >= 11 is 0. The first-order valence-corrected chi connectivity index (χ1v) is 5.97. The van der Waals surface area contributed by atoms with Crippen molar-refractivity contribution >= 4 is 11.4 Å². The number of ether oxygens (including phenoxy) is 2. The third-order valence-corrected chi connectivity index (χ3v) is 2.82. The fourth-order valence-electron chi connectivity index (χ4n) is 1.71. The molecule has 2 aromatic rings. The number of rotatable bonds is 5. The second-order valence-corrected chi connectivity index (χ2v) is 4.06. The van der Waals surface area contributed by atoms with Crippen molar-refractivity contribution in [2.24, 2.45) is 0 Å². The van der Waals surface area contributed by atoms with E-state index < -0.39 is 0 Å². The first-order chi connectivity index (χ1) is 9.22. The first kappa shape index (κ1) is 13.0. The van der Waals surface area contributed by atoms with Gasteiger partial charge in [-0.2, -0.15) is 0 Å². The Morgan fingerprint density at radius 2 is 1.32 bits per heavy atom. The van der Waals surface area contributed by atoms with Gasteiger partial charge in [-0.1, -0.05) is 6.58 Å². The highest BCUT2D eigenvalue weighted by atomic mass is 16.5. The van der Waals surface area contributed by atoms with Crippen LogP contribution in [0.25, 0.3) is 5.70 Å². The summed E-state index contributed by atoms with van der Waals surface area (Å²) < 4.78 is 10.2. The predicted octanol–water partition coefficient (Wildman–Crippen LogP) is 3.79. The molecule has 3 nitrogen and oxygen atoms in total. The standard InChI is InChI=1S/C16H17NO2/c1-12(13-4-8-15(18-2)9-5-13)17-14-6-10-16(19-3)11-7-14/h4-11,17H,1H2,2-3H3. The Hall–Kier alpha value is -2.42. The highest BCUT2D eigenvalue weighted by Gasteiger charge is 2.00. The lowest BCUT2D eigenvalue weighted by Crippen LogP contribution is -1.97. The van der Waals surface area contributed by atoms with E-state index in [-0.39, 0.29) is 0 Å². The molecule has 2 rings (SSSR count). The van der Waals surface area contributed by atoms with Crippen LogP contribution in [0, 0.1) is 0 Å². The fraction of sp³-hybridized carbons (Fsp3) is 0.125. The van der Waals surface area contributed by atoms with Crippen LogP contribution in [0.3, 0.4) is 0 Å². The van der Waals surface area contributed by atoms with Gasteiger partial charge in [-0.15, -0.1) is 0 Å². The third-order valence-electron chi connectivity index (χ3n) is 2.82. The number of nitrogens with one attached hydrogen (secondary N) is 1. The number of anilines is 1. The van der Waals surface area contributed by atoms with E-state index in [1.54, 1.807) is 14.2 Å². The molecule has 0 aromatic heterocycles. The maximum absolute atomic E-state index is 5.13. The van der Waals surface area contributed by atoms with E-state index in [1.807, 2.05) is 48.5 Å². The zero-order valence-corrected chi connectivity index (χ0v) is 11.1. The number of benzene rings is 2. The van der Waals surface area contributed by atoms with Crippen LogP contribution < -0.4 is 14.8 Å². The largest absolute Gasteiger partial charge is 0.497 e. The Bertz CT molecular complexity index is 544. The van der Waals surface area contributed by atoms with Gasteiger partial charge in [0.25, 0.3) is 0 Å². The van der Waals surface area contributed by atoms with Crippen molar-refractivity contribution in [2.75, 3.05) is 19.5 Å². The van der Waals surface area contributed by atoms with Crippen LogP contribution in [0.15, 0.2) is 55.1 Å². The van der Waals surface area contributed by atoms with E-state index in [1.165, 1.54) is 0 Å². The van der Waals surface area contributed by atoms with E-state index >= 15 is 0 Å². The van der Waals surface area contributed by atoms with Gasteiger partial charge >= 0.3 is 0 Å². The molecule has 0 unspecified atom stereocenters. The lowest BCUT2D eigenvalue weighted by atomic mass is 10.1. The van der Waals surface area contributed by atoms with Gasteiger partial charge in [0.15, 0.2) is 0 Å². The molecule has 0 radical (unpaired) electrons. The van der Waals surface area contributed by atoms with Crippen molar-refractivity contribution < 1.29 is 9.47 Å². The number of methoxy groups -OCH3 is 2. The van der Waals surface area contributed by atoms with E-state index in [9.17, 15) is 0 Å². The van der Waals surface area contributed by atoms with E-state index in [4.69, 9.17) is 9.47 Å². The molecule has 0 saturated heterocycles. The van der Waals surface area contributed by atoms with Crippen LogP contribution in [0.1, 0.15) is 5.56 Å². The summed E-state index contributed by atoms with van der Waals surface area (Å²) in [6.45, 7) is 4.04. The number of hydrogen-bond acceptors (Lipinski definition) is 3. The van der Waals surface area contributed by atoms with E-state index in [0.29, 0.717) is 0 Å². The van der Waals surface area contributed by atoms with Crippen molar-refractivity contribution in [3.05, 3.63) is 60.7 Å². The summed E-state index contributed by atoms with van der Waals surface area (Å²) in [4.78, 5) is 0. The van der Waals surface area contributed by atoms with Crippen LogP contribution >= 0.6 is 0 Å². The van der Waals surface area contributed by atoms with Gasteiger partial charge < -0.3 is 14.8 Å². The fourth-order valence-corrected chi connectivity index (χ4v) is 1.71. The predicted molar refractivity (Wildman–Crippen MR) is 78.6 cm³/mol. The van der Waals surface area contributed by atoms with Crippen molar-refractivity contribution in [2.45, 2.75) is 0 Å². The quantitative estimate of drug-likeness (QED) is 0.881. The molecule has 0 bridgehead atoms. The molecule has 98 valence electrons. The van der Waals surface area contributed by atoms with Gasteiger partial charge in [0.2, 0.25) is 0 Å². The second-order valence-electron chi connectivity index (χ2n) is 4.06. The topological polar surface area (TPSA) is 30.5 Å². The number of hydrogen-bond donors (Lipinski definition) is 1. The van der Waals surface area contributed by atoms with Crippen molar-refractivity contribution in [3.8, 4) is 11.5 Å². The SMILES string of the molecule is C=C(Nc1ccc(OC)cc1)c1ccc(OC)cc1. The highest BCUT2D eigenvalue weighted by molar-refractivity contribution is 5.75. The highest BCUT2D eigenvalue weighted by Crippen LogP contribution is 2.21. The average Bonchev–Trinajstić information content (AvgIpc) is 2.48. The minimum atomic E-state index is 0.834. The zero-order valence-electron chi connectivity index (χ0n) is 11.1.